The van der Waals surface area contributed by atoms with Crippen LogP contribution >= 0.6 is 33.9 Å². The average molecular weight is 378 g/mol. The molecule has 1 aromatic heterocycles. The topological polar surface area (TPSA) is 16.1 Å². The molecule has 0 saturated heterocycles. The van der Waals surface area contributed by atoms with Crippen LogP contribution in [0.1, 0.15) is 0 Å². The maximum atomic E-state index is 4.70. The number of hydrogen-bond acceptors (Lipinski definition) is 3. The first-order chi connectivity index (χ1) is 9.13. The first-order valence-electron chi connectivity index (χ1n) is 5.97. The summed E-state index contributed by atoms with van der Waals surface area (Å²) in [6.07, 6.45) is 0. The van der Waals surface area contributed by atoms with Crippen molar-refractivity contribution in [2.75, 3.05) is 19.0 Å². The fraction of sp³-hybridized carbons (Fsp3) is 0.133. The predicted octanol–water partition coefficient (Wildman–Crippen LogP) is 4.63. The minimum absolute atomic E-state index is 1.08. The maximum absolute atomic E-state index is 4.70. The Morgan fingerprint density at radius 3 is 2.47 bits per heavy atom. The van der Waals surface area contributed by atoms with Crippen LogP contribution in [0.25, 0.3) is 20.8 Å². The van der Waals surface area contributed by atoms with Crippen LogP contribution < -0.4 is 4.90 Å². The van der Waals surface area contributed by atoms with Crippen molar-refractivity contribution in [1.29, 1.82) is 0 Å². The van der Waals surface area contributed by atoms with Gasteiger partial charge in [-0.2, -0.15) is 0 Å². The van der Waals surface area contributed by atoms with Gasteiger partial charge in [0.25, 0.3) is 0 Å². The van der Waals surface area contributed by atoms with E-state index in [1.807, 2.05) is 0 Å². The average Bonchev–Trinajstić information content (AvgIpc) is 2.81. The van der Waals surface area contributed by atoms with Gasteiger partial charge in [-0.05, 0) is 65.1 Å². The minimum atomic E-state index is 1.08. The molecule has 0 unspecified atom stereocenters. The van der Waals surface area contributed by atoms with Gasteiger partial charge in [-0.1, -0.05) is 0 Å². The van der Waals surface area contributed by atoms with Gasteiger partial charge >= 0.3 is 0 Å². The molecule has 1 heterocycles. The fourth-order valence-corrected chi connectivity index (χ4v) is 3.64. The van der Waals surface area contributed by atoms with Crippen LogP contribution in [0, 0.1) is 3.57 Å². The quantitative estimate of drug-likeness (QED) is 0.605. The lowest BCUT2D eigenvalue weighted by atomic mass is 10.2. The van der Waals surface area contributed by atoms with Crippen molar-refractivity contribution in [3.63, 3.8) is 0 Å². The molecule has 3 rings (SSSR count). The van der Waals surface area contributed by atoms with E-state index >= 15 is 0 Å². The number of benzene rings is 2. The van der Waals surface area contributed by atoms with E-state index in [2.05, 4.69) is 84.1 Å². The number of anilines is 1. The molecule has 19 heavy (non-hydrogen) atoms. The number of aromatic nitrogens is 1. The lowest BCUT2D eigenvalue weighted by molar-refractivity contribution is 1.13. The van der Waals surface area contributed by atoms with Gasteiger partial charge in [-0.25, -0.2) is 4.98 Å². The normalized spacial score (nSPS) is 10.9. The molecule has 0 saturated carbocycles. The highest BCUT2D eigenvalue weighted by Gasteiger charge is 2.06. The van der Waals surface area contributed by atoms with E-state index in [1.165, 1.54) is 19.5 Å². The Hall–Kier alpha value is -1.14. The first-order valence-corrected chi connectivity index (χ1v) is 7.87. The van der Waals surface area contributed by atoms with Gasteiger partial charge in [0.15, 0.2) is 0 Å². The van der Waals surface area contributed by atoms with Crippen LogP contribution in [0.3, 0.4) is 0 Å². The molecule has 0 aliphatic heterocycles. The second kappa shape index (κ2) is 5.09. The Bertz CT molecular complexity index is 717. The molecule has 0 aliphatic rings. The van der Waals surface area contributed by atoms with E-state index in [9.17, 15) is 0 Å². The van der Waals surface area contributed by atoms with Gasteiger partial charge in [-0.15, -0.1) is 11.3 Å². The van der Waals surface area contributed by atoms with Crippen molar-refractivity contribution in [2.45, 2.75) is 0 Å². The molecule has 0 atom stereocenters. The summed E-state index contributed by atoms with van der Waals surface area (Å²) in [6.45, 7) is 0. The summed E-state index contributed by atoms with van der Waals surface area (Å²) < 4.78 is 2.50. The van der Waals surface area contributed by atoms with Crippen molar-refractivity contribution in [2.24, 2.45) is 0 Å². The highest BCUT2D eigenvalue weighted by Crippen LogP contribution is 2.31. The number of nitrogens with zero attached hydrogens (tertiary/aromatic N) is 2. The monoisotopic (exact) mass is 378 g/mol. The summed E-state index contributed by atoms with van der Waals surface area (Å²) in [5.74, 6) is 0. The third-order valence-corrected chi connectivity index (χ3v) is 4.72. The lowest BCUT2D eigenvalue weighted by Gasteiger charge is -2.11. The zero-order chi connectivity index (χ0) is 13.4. The fourth-order valence-electron chi connectivity index (χ4n) is 1.92. The van der Waals surface area contributed by atoms with E-state index in [0.29, 0.717) is 0 Å². The number of rotatable bonds is 2. The standard InChI is InChI=1S/C15H13IN2S/c1-18(2)12-6-3-10(4-7-12)15-17-13-8-5-11(16)9-14(13)19-15/h3-9H,1-2H3/i16-2. The van der Waals surface area contributed by atoms with Crippen LogP contribution in [0.5, 0.6) is 0 Å². The number of thiazole rings is 1. The SMILES string of the molecule is CN(C)c1ccc(-c2nc3ccc([125I])cc3s2)cc1. The van der Waals surface area contributed by atoms with Crippen molar-refractivity contribution in [3.05, 3.63) is 46.0 Å². The van der Waals surface area contributed by atoms with Crippen LogP contribution in [-0.4, -0.2) is 19.1 Å². The Morgan fingerprint density at radius 2 is 1.79 bits per heavy atom. The van der Waals surface area contributed by atoms with E-state index in [0.717, 1.165) is 10.5 Å². The summed E-state index contributed by atoms with van der Waals surface area (Å²) in [5, 5.41) is 1.09. The molecule has 2 nitrogen and oxygen atoms in total. The molecule has 2 aromatic carbocycles. The summed E-state index contributed by atoms with van der Waals surface area (Å²) in [7, 11) is 4.10. The number of halogens is 1. The van der Waals surface area contributed by atoms with Gasteiger partial charge in [-0.3, -0.25) is 0 Å². The first kappa shape index (κ1) is 12.9. The number of fused-ring (bicyclic) bond motifs is 1. The molecule has 0 amide bonds. The summed E-state index contributed by atoms with van der Waals surface area (Å²) in [4.78, 5) is 6.80. The van der Waals surface area contributed by atoms with Gasteiger partial charge in [0.2, 0.25) is 0 Å². The van der Waals surface area contributed by atoms with Gasteiger partial charge in [0.05, 0.1) is 10.2 Å². The summed E-state index contributed by atoms with van der Waals surface area (Å²) in [5.41, 5.74) is 3.47. The molecular formula is C15H13IN2S. The van der Waals surface area contributed by atoms with Crippen LogP contribution in [-0.2, 0) is 0 Å². The second-order valence-electron chi connectivity index (χ2n) is 4.57. The summed E-state index contributed by atoms with van der Waals surface area (Å²) in [6, 6.07) is 14.9. The molecular weight excluding hydrogens is 365 g/mol. The van der Waals surface area contributed by atoms with Crippen LogP contribution in [0.2, 0.25) is 0 Å². The highest BCUT2D eigenvalue weighted by atomic mass is 125. The Kier molecular flexibility index (Phi) is 3.45. The largest absolute Gasteiger partial charge is 0.378 e. The van der Waals surface area contributed by atoms with Gasteiger partial charge < -0.3 is 4.90 Å². The Morgan fingerprint density at radius 1 is 1.05 bits per heavy atom. The second-order valence-corrected chi connectivity index (χ2v) is 6.85. The zero-order valence-corrected chi connectivity index (χ0v) is 13.7. The van der Waals surface area contributed by atoms with Crippen molar-refractivity contribution < 1.29 is 0 Å². The minimum Gasteiger partial charge on any atom is -0.378 e. The van der Waals surface area contributed by atoms with Gasteiger partial charge in [0, 0.05) is 28.9 Å². The zero-order valence-electron chi connectivity index (χ0n) is 10.7. The molecule has 0 aliphatic carbocycles. The molecule has 96 valence electrons. The number of hydrogen-bond donors (Lipinski definition) is 0. The van der Waals surface area contributed by atoms with Crippen LogP contribution in [0.4, 0.5) is 5.69 Å². The van der Waals surface area contributed by atoms with Crippen molar-refractivity contribution >= 4 is 49.8 Å². The third kappa shape index (κ3) is 2.60. The van der Waals surface area contributed by atoms with Crippen molar-refractivity contribution in [1.82, 2.24) is 4.98 Å². The molecule has 3 aromatic rings. The molecule has 0 fully saturated rings. The molecule has 0 radical (unpaired) electrons. The third-order valence-electron chi connectivity index (χ3n) is 2.98. The van der Waals surface area contributed by atoms with E-state index in [-0.39, 0.29) is 0 Å². The smallest absolute Gasteiger partial charge is 0.124 e. The van der Waals surface area contributed by atoms with Crippen molar-refractivity contribution in [3.8, 4) is 10.6 Å². The Balaban J connectivity index is 2.03. The molecule has 4 heteroatoms. The lowest BCUT2D eigenvalue weighted by Crippen LogP contribution is -2.07. The van der Waals surface area contributed by atoms with E-state index in [1.54, 1.807) is 11.3 Å². The van der Waals surface area contributed by atoms with Gasteiger partial charge in [0.1, 0.15) is 5.01 Å². The van der Waals surface area contributed by atoms with Crippen LogP contribution in [0.15, 0.2) is 42.5 Å². The molecule has 0 N–H and O–H groups in total. The maximum Gasteiger partial charge on any atom is 0.124 e. The predicted molar refractivity (Wildman–Crippen MR) is 92.1 cm³/mol. The summed E-state index contributed by atoms with van der Waals surface area (Å²) >= 11 is 4.09. The molecule has 0 bridgehead atoms. The highest BCUT2D eigenvalue weighted by molar-refractivity contribution is 14.1. The van der Waals surface area contributed by atoms with E-state index < -0.39 is 0 Å². The van der Waals surface area contributed by atoms with E-state index in [4.69, 9.17) is 4.98 Å². The molecule has 0 spiro atoms. The Labute approximate surface area is 130 Å².